The average molecular weight is 398 g/mol. The number of nitrogens with zero attached hydrogens (tertiary/aromatic N) is 3. The molecule has 1 amide bonds. The van der Waals surface area contributed by atoms with Crippen molar-refractivity contribution in [3.8, 4) is 16.5 Å². The second-order valence-corrected chi connectivity index (χ2v) is 7.81. The summed E-state index contributed by atoms with van der Waals surface area (Å²) in [7, 11) is 0. The van der Waals surface area contributed by atoms with Crippen LogP contribution in [0.1, 0.15) is 24.4 Å². The number of aryl methyl sites for hydroxylation is 1. The predicted molar refractivity (Wildman–Crippen MR) is 108 cm³/mol. The molecule has 1 aliphatic rings. The van der Waals surface area contributed by atoms with Gasteiger partial charge in [-0.25, -0.2) is 9.48 Å². The summed E-state index contributed by atoms with van der Waals surface area (Å²) in [5, 5.41) is 9.26. The maximum Gasteiger partial charge on any atom is 0.346 e. The summed E-state index contributed by atoms with van der Waals surface area (Å²) in [6.07, 6.45) is 2.02. The van der Waals surface area contributed by atoms with E-state index in [1.165, 1.54) is 4.68 Å². The molecule has 2 heterocycles. The van der Waals surface area contributed by atoms with Crippen molar-refractivity contribution in [3.05, 3.63) is 57.8 Å². The van der Waals surface area contributed by atoms with E-state index in [9.17, 15) is 9.59 Å². The van der Waals surface area contributed by atoms with E-state index in [-0.39, 0.29) is 24.2 Å². The van der Waals surface area contributed by atoms with Crippen LogP contribution in [0.15, 0.2) is 46.6 Å². The van der Waals surface area contributed by atoms with E-state index >= 15 is 0 Å². The van der Waals surface area contributed by atoms with Crippen molar-refractivity contribution in [2.45, 2.75) is 32.4 Å². The lowest BCUT2D eigenvalue weighted by Crippen LogP contribution is -2.34. The number of carbonyl (C=O) groups is 1. The van der Waals surface area contributed by atoms with Gasteiger partial charge < -0.3 is 10.1 Å². The molecule has 2 aromatic heterocycles. The van der Waals surface area contributed by atoms with Gasteiger partial charge >= 0.3 is 5.69 Å². The zero-order valence-electron chi connectivity index (χ0n) is 15.6. The fourth-order valence-corrected chi connectivity index (χ4v) is 3.64. The summed E-state index contributed by atoms with van der Waals surface area (Å²) in [6.45, 7) is 2.58. The third-order valence-corrected chi connectivity index (χ3v) is 5.43. The molecule has 1 N–H and O–H groups in total. The fourth-order valence-electron chi connectivity index (χ4n) is 2.94. The van der Waals surface area contributed by atoms with Crippen LogP contribution in [-0.4, -0.2) is 33.4 Å². The van der Waals surface area contributed by atoms with E-state index in [1.54, 1.807) is 15.9 Å². The number of rotatable bonds is 8. The van der Waals surface area contributed by atoms with Crippen LogP contribution in [0.2, 0.25) is 0 Å². The highest BCUT2D eigenvalue weighted by atomic mass is 32.1. The summed E-state index contributed by atoms with van der Waals surface area (Å²) in [4.78, 5) is 25.7. The lowest BCUT2D eigenvalue weighted by atomic mass is 10.2. The maximum atomic E-state index is 12.7. The molecule has 0 atom stereocenters. The molecule has 3 aromatic rings. The van der Waals surface area contributed by atoms with Gasteiger partial charge in [0.25, 0.3) is 5.91 Å². The third kappa shape index (κ3) is 4.17. The molecule has 1 saturated carbocycles. The van der Waals surface area contributed by atoms with Crippen molar-refractivity contribution in [3.63, 3.8) is 0 Å². The largest absolute Gasteiger partial charge is 0.484 e. The second kappa shape index (κ2) is 8.02. The van der Waals surface area contributed by atoms with Crippen LogP contribution in [0, 0.1) is 6.92 Å². The molecule has 1 fully saturated rings. The minimum absolute atomic E-state index is 0.0606. The Balaban J connectivity index is 1.33. The number of aromatic nitrogens is 3. The molecule has 4 rings (SSSR count). The molecule has 146 valence electrons. The maximum absolute atomic E-state index is 12.7. The lowest BCUT2D eigenvalue weighted by molar-refractivity contribution is -0.123. The molecular formula is C20H22N4O3S. The number of nitrogens with one attached hydrogen (secondary N) is 1. The van der Waals surface area contributed by atoms with Crippen molar-refractivity contribution >= 4 is 17.2 Å². The quantitative estimate of drug-likeness (QED) is 0.633. The van der Waals surface area contributed by atoms with Crippen LogP contribution < -0.4 is 15.7 Å². The molecule has 28 heavy (non-hydrogen) atoms. The van der Waals surface area contributed by atoms with Crippen LogP contribution >= 0.6 is 11.3 Å². The standard InChI is InChI=1S/C20H22N4O3S/c1-14-4-8-16(9-5-14)27-13-18(25)21-10-11-23-20(26)24(15-6-7-15)19(22-23)17-3-2-12-28-17/h2-5,8-9,12,15H,6-7,10-11,13H2,1H3,(H,21,25). The number of carbonyl (C=O) groups excluding carboxylic acids is 1. The van der Waals surface area contributed by atoms with Crippen LogP contribution in [0.4, 0.5) is 0 Å². The molecule has 1 aromatic carbocycles. The van der Waals surface area contributed by atoms with Crippen LogP contribution in [0.25, 0.3) is 10.7 Å². The van der Waals surface area contributed by atoms with E-state index in [2.05, 4.69) is 10.4 Å². The van der Waals surface area contributed by atoms with Gasteiger partial charge in [0, 0.05) is 12.6 Å². The molecule has 0 spiro atoms. The summed E-state index contributed by atoms with van der Waals surface area (Å²) in [6, 6.07) is 11.7. The number of thiophene rings is 1. The molecule has 0 bridgehead atoms. The molecule has 8 heteroatoms. The minimum atomic E-state index is -0.228. The van der Waals surface area contributed by atoms with E-state index in [4.69, 9.17) is 4.74 Å². The Morgan fingerprint density at radius 3 is 2.75 bits per heavy atom. The van der Waals surface area contributed by atoms with E-state index in [0.29, 0.717) is 18.8 Å². The molecule has 7 nitrogen and oxygen atoms in total. The molecule has 0 saturated heterocycles. The SMILES string of the molecule is Cc1ccc(OCC(=O)NCCn2nc(-c3cccs3)n(C3CC3)c2=O)cc1. The topological polar surface area (TPSA) is 78.2 Å². The number of benzene rings is 1. The van der Waals surface area contributed by atoms with E-state index in [1.807, 2.05) is 48.7 Å². The summed E-state index contributed by atoms with van der Waals surface area (Å²) >= 11 is 1.57. The number of hydrogen-bond donors (Lipinski definition) is 1. The van der Waals surface area contributed by atoms with Crippen molar-refractivity contribution < 1.29 is 9.53 Å². The monoisotopic (exact) mass is 398 g/mol. The van der Waals surface area contributed by atoms with Crippen LogP contribution in [0.5, 0.6) is 5.75 Å². The van der Waals surface area contributed by atoms with Gasteiger partial charge in [0.15, 0.2) is 12.4 Å². The van der Waals surface area contributed by atoms with Gasteiger partial charge in [0.05, 0.1) is 11.4 Å². The highest BCUT2D eigenvalue weighted by Crippen LogP contribution is 2.37. The van der Waals surface area contributed by atoms with E-state index in [0.717, 1.165) is 29.1 Å². The van der Waals surface area contributed by atoms with Gasteiger partial charge in [-0.1, -0.05) is 23.8 Å². The first-order chi connectivity index (χ1) is 13.6. The van der Waals surface area contributed by atoms with Crippen LogP contribution in [-0.2, 0) is 11.3 Å². The molecule has 0 aliphatic heterocycles. The first kappa shape index (κ1) is 18.5. The summed E-state index contributed by atoms with van der Waals surface area (Å²) in [5.41, 5.74) is 1.02. The van der Waals surface area contributed by atoms with Gasteiger partial charge in [0.2, 0.25) is 0 Å². The zero-order chi connectivity index (χ0) is 19.5. The Labute approximate surface area is 166 Å². The molecule has 0 radical (unpaired) electrons. The molecular weight excluding hydrogens is 376 g/mol. The van der Waals surface area contributed by atoms with Crippen molar-refractivity contribution in [2.75, 3.05) is 13.2 Å². The van der Waals surface area contributed by atoms with Gasteiger partial charge in [-0.05, 0) is 43.3 Å². The van der Waals surface area contributed by atoms with Crippen molar-refractivity contribution in [2.24, 2.45) is 0 Å². The van der Waals surface area contributed by atoms with Gasteiger partial charge in [0.1, 0.15) is 5.75 Å². The summed E-state index contributed by atoms with van der Waals surface area (Å²) in [5.74, 6) is 1.14. The van der Waals surface area contributed by atoms with Crippen molar-refractivity contribution in [1.29, 1.82) is 0 Å². The molecule has 0 unspecified atom stereocenters. The Morgan fingerprint density at radius 2 is 2.07 bits per heavy atom. The Morgan fingerprint density at radius 1 is 1.29 bits per heavy atom. The predicted octanol–water partition coefficient (Wildman–Crippen LogP) is 2.61. The normalized spacial score (nSPS) is 13.5. The number of amides is 1. The number of ether oxygens (including phenoxy) is 1. The minimum Gasteiger partial charge on any atom is -0.484 e. The first-order valence-electron chi connectivity index (χ1n) is 9.31. The molecule has 1 aliphatic carbocycles. The smallest absolute Gasteiger partial charge is 0.346 e. The van der Waals surface area contributed by atoms with Gasteiger partial charge in [-0.15, -0.1) is 16.4 Å². The second-order valence-electron chi connectivity index (χ2n) is 6.86. The Kier molecular flexibility index (Phi) is 5.29. The summed E-state index contributed by atoms with van der Waals surface area (Å²) < 4.78 is 8.69. The zero-order valence-corrected chi connectivity index (χ0v) is 16.4. The Bertz CT molecular complexity index is 1000. The number of hydrogen-bond acceptors (Lipinski definition) is 5. The lowest BCUT2D eigenvalue weighted by Gasteiger charge is -2.07. The fraction of sp³-hybridized carbons (Fsp3) is 0.350. The van der Waals surface area contributed by atoms with E-state index < -0.39 is 0 Å². The van der Waals surface area contributed by atoms with Gasteiger partial charge in [-0.2, -0.15) is 0 Å². The van der Waals surface area contributed by atoms with Crippen LogP contribution in [0.3, 0.4) is 0 Å². The first-order valence-corrected chi connectivity index (χ1v) is 10.2. The highest BCUT2D eigenvalue weighted by molar-refractivity contribution is 7.13. The highest BCUT2D eigenvalue weighted by Gasteiger charge is 2.30. The van der Waals surface area contributed by atoms with Crippen molar-refractivity contribution in [1.82, 2.24) is 19.7 Å². The Hall–Kier alpha value is -2.87. The third-order valence-electron chi connectivity index (χ3n) is 4.56. The van der Waals surface area contributed by atoms with Gasteiger partial charge in [-0.3, -0.25) is 9.36 Å². The average Bonchev–Trinajstić information content (AvgIpc) is 3.26.